The summed E-state index contributed by atoms with van der Waals surface area (Å²) in [4.78, 5) is 0. The summed E-state index contributed by atoms with van der Waals surface area (Å²) in [6.07, 6.45) is 0.866. The Morgan fingerprint density at radius 1 is 0.926 bits per heavy atom. The highest BCUT2D eigenvalue weighted by Crippen LogP contribution is 2.38. The fraction of sp³-hybridized carbons (Fsp3) is 0.333. The molecule has 0 unspecified atom stereocenters. The topological polar surface area (TPSA) is 72.6 Å². The van der Waals surface area contributed by atoms with E-state index in [4.69, 9.17) is 14.2 Å². The van der Waals surface area contributed by atoms with Gasteiger partial charge >= 0.3 is 0 Å². The van der Waals surface area contributed by atoms with Crippen molar-refractivity contribution >= 4 is 11.4 Å². The predicted molar refractivity (Wildman–Crippen MR) is 106 cm³/mol. The number of ether oxygens (including phenoxy) is 3. The number of benzene rings is 2. The lowest BCUT2D eigenvalue weighted by atomic mass is 9.85. The van der Waals surface area contributed by atoms with Crippen LogP contribution in [0.4, 0.5) is 0 Å². The van der Waals surface area contributed by atoms with Gasteiger partial charge in [0.25, 0.3) is 0 Å². The predicted octanol–water partition coefficient (Wildman–Crippen LogP) is 4.14. The van der Waals surface area contributed by atoms with E-state index in [0.717, 1.165) is 28.8 Å². The molecule has 6 heteroatoms. The van der Waals surface area contributed by atoms with Crippen molar-refractivity contribution in [1.29, 1.82) is 0 Å². The first-order valence-corrected chi connectivity index (χ1v) is 8.79. The molecule has 0 bridgehead atoms. The molecule has 0 spiro atoms. The number of aromatic hydroxyl groups is 1. The maximum Gasteiger partial charge on any atom is 0.161 e. The molecular weight excluding hydrogens is 344 g/mol. The van der Waals surface area contributed by atoms with Crippen molar-refractivity contribution in [1.82, 2.24) is 0 Å². The first kappa shape index (κ1) is 18.8. The van der Waals surface area contributed by atoms with Gasteiger partial charge in [-0.25, -0.2) is 0 Å². The number of rotatable bonds is 5. The van der Waals surface area contributed by atoms with Crippen molar-refractivity contribution in [2.24, 2.45) is 10.2 Å². The zero-order valence-corrected chi connectivity index (χ0v) is 16.2. The molecule has 6 nitrogen and oxygen atoms in total. The van der Waals surface area contributed by atoms with Gasteiger partial charge in [0.1, 0.15) is 5.71 Å². The van der Waals surface area contributed by atoms with Crippen LogP contribution in [0.3, 0.4) is 0 Å². The highest BCUT2D eigenvalue weighted by molar-refractivity contribution is 6.16. The van der Waals surface area contributed by atoms with Crippen LogP contribution in [0.2, 0.25) is 0 Å². The van der Waals surface area contributed by atoms with Crippen LogP contribution in [0.15, 0.2) is 40.5 Å². The van der Waals surface area contributed by atoms with E-state index in [9.17, 15) is 5.11 Å². The second kappa shape index (κ2) is 7.70. The molecule has 2 aromatic carbocycles. The van der Waals surface area contributed by atoms with E-state index >= 15 is 0 Å². The molecule has 27 heavy (non-hydrogen) atoms. The maximum absolute atomic E-state index is 10.4. The van der Waals surface area contributed by atoms with Crippen molar-refractivity contribution in [2.45, 2.75) is 26.2 Å². The van der Waals surface area contributed by atoms with Crippen LogP contribution in [0.5, 0.6) is 23.0 Å². The highest BCUT2D eigenvalue weighted by atomic mass is 16.5. The van der Waals surface area contributed by atoms with Crippen molar-refractivity contribution < 1.29 is 19.3 Å². The van der Waals surface area contributed by atoms with Gasteiger partial charge in [0.05, 0.1) is 21.3 Å². The highest BCUT2D eigenvalue weighted by Gasteiger charge is 2.26. The largest absolute Gasteiger partial charge is 0.504 e. The van der Waals surface area contributed by atoms with Crippen LogP contribution in [-0.4, -0.2) is 37.9 Å². The standard InChI is InChI=1S/C21H24N2O4/c1-6-14-12(2)22-23-21(13-7-8-18(25-3)20(9-13)27-5)16-10-17(24)19(26-4)11-15(14)16/h7-11,14,24H,6H2,1-5H3/t14-/m1/s1. The molecule has 2 aromatic rings. The van der Waals surface area contributed by atoms with Crippen LogP contribution in [-0.2, 0) is 0 Å². The number of methoxy groups -OCH3 is 3. The Kier molecular flexibility index (Phi) is 5.35. The SMILES string of the molecule is CC[C@@H]1C(C)=NN=C(c2ccc(OC)c(OC)c2)c2cc(O)c(OC)cc21. The lowest BCUT2D eigenvalue weighted by molar-refractivity contribution is 0.355. The molecule has 0 radical (unpaired) electrons. The summed E-state index contributed by atoms with van der Waals surface area (Å²) in [6, 6.07) is 9.17. The Hall–Kier alpha value is -3.02. The van der Waals surface area contributed by atoms with Crippen LogP contribution in [0.1, 0.15) is 42.9 Å². The molecule has 1 atom stereocenters. The third-order valence-electron chi connectivity index (χ3n) is 4.86. The van der Waals surface area contributed by atoms with Gasteiger partial charge in [-0.1, -0.05) is 6.92 Å². The molecule has 1 N–H and O–H groups in total. The summed E-state index contributed by atoms with van der Waals surface area (Å²) >= 11 is 0. The molecule has 0 amide bonds. The van der Waals surface area contributed by atoms with Gasteiger partial charge in [0.2, 0.25) is 0 Å². The molecule has 0 saturated carbocycles. The third-order valence-corrected chi connectivity index (χ3v) is 4.86. The molecule has 1 aliphatic heterocycles. The second-order valence-electron chi connectivity index (χ2n) is 6.33. The summed E-state index contributed by atoms with van der Waals surface area (Å²) in [6.45, 7) is 4.08. The van der Waals surface area contributed by atoms with Gasteiger partial charge < -0.3 is 19.3 Å². The zero-order valence-electron chi connectivity index (χ0n) is 16.2. The smallest absolute Gasteiger partial charge is 0.161 e. The molecule has 1 heterocycles. The van der Waals surface area contributed by atoms with Crippen molar-refractivity contribution in [3.8, 4) is 23.0 Å². The van der Waals surface area contributed by atoms with Crippen LogP contribution in [0, 0.1) is 0 Å². The van der Waals surface area contributed by atoms with E-state index in [1.807, 2.05) is 31.2 Å². The molecular formula is C21H24N2O4. The fourth-order valence-electron chi connectivity index (χ4n) is 3.43. The minimum Gasteiger partial charge on any atom is -0.504 e. The molecule has 1 aliphatic rings. The van der Waals surface area contributed by atoms with Gasteiger partial charge in [0, 0.05) is 22.8 Å². The quantitative estimate of drug-likeness (QED) is 0.861. The zero-order chi connectivity index (χ0) is 19.6. The molecule has 142 valence electrons. The van der Waals surface area contributed by atoms with E-state index in [-0.39, 0.29) is 11.7 Å². The Balaban J connectivity index is 2.24. The normalized spacial score (nSPS) is 16.0. The van der Waals surface area contributed by atoms with Gasteiger partial charge in [-0.15, -0.1) is 5.10 Å². The molecule has 0 aromatic heterocycles. The van der Waals surface area contributed by atoms with Crippen molar-refractivity contribution in [2.75, 3.05) is 21.3 Å². The Morgan fingerprint density at radius 2 is 1.63 bits per heavy atom. The fourth-order valence-corrected chi connectivity index (χ4v) is 3.43. The van der Waals surface area contributed by atoms with Gasteiger partial charge in [-0.3, -0.25) is 0 Å². The van der Waals surface area contributed by atoms with Crippen LogP contribution >= 0.6 is 0 Å². The minimum absolute atomic E-state index is 0.0684. The number of hydrogen-bond donors (Lipinski definition) is 1. The number of hydrogen-bond acceptors (Lipinski definition) is 6. The van der Waals surface area contributed by atoms with Gasteiger partial charge in [-0.05, 0) is 49.2 Å². The average molecular weight is 368 g/mol. The number of fused-ring (bicyclic) bond motifs is 1. The number of phenolic OH excluding ortho intramolecular Hbond substituents is 1. The average Bonchev–Trinajstić information content (AvgIpc) is 2.82. The van der Waals surface area contributed by atoms with E-state index in [2.05, 4.69) is 17.1 Å². The summed E-state index contributed by atoms with van der Waals surface area (Å²) in [5.41, 5.74) is 4.26. The number of nitrogens with zero attached hydrogens (tertiary/aromatic N) is 2. The molecule has 0 aliphatic carbocycles. The molecule has 0 fully saturated rings. The Labute approximate surface area is 159 Å². The first-order valence-electron chi connectivity index (χ1n) is 8.79. The van der Waals surface area contributed by atoms with Gasteiger partial charge in [0.15, 0.2) is 23.0 Å². The van der Waals surface area contributed by atoms with Crippen LogP contribution < -0.4 is 14.2 Å². The maximum atomic E-state index is 10.4. The van der Waals surface area contributed by atoms with Crippen molar-refractivity contribution in [3.63, 3.8) is 0 Å². The van der Waals surface area contributed by atoms with Crippen molar-refractivity contribution in [3.05, 3.63) is 47.0 Å². The first-order chi connectivity index (χ1) is 13.0. The second-order valence-corrected chi connectivity index (χ2v) is 6.33. The lowest BCUT2D eigenvalue weighted by Crippen LogP contribution is -2.12. The van der Waals surface area contributed by atoms with E-state index in [1.165, 1.54) is 0 Å². The summed E-state index contributed by atoms with van der Waals surface area (Å²) in [7, 11) is 4.74. The third kappa shape index (κ3) is 3.35. The lowest BCUT2D eigenvalue weighted by Gasteiger charge is -2.19. The summed E-state index contributed by atoms with van der Waals surface area (Å²) in [5.74, 6) is 1.84. The monoisotopic (exact) mass is 368 g/mol. The molecule has 3 rings (SSSR count). The van der Waals surface area contributed by atoms with Crippen LogP contribution in [0.25, 0.3) is 0 Å². The Bertz CT molecular complexity index is 919. The van der Waals surface area contributed by atoms with E-state index in [0.29, 0.717) is 23.0 Å². The molecule has 0 saturated heterocycles. The summed E-state index contributed by atoms with van der Waals surface area (Å²) in [5, 5.41) is 19.3. The van der Waals surface area contributed by atoms with E-state index < -0.39 is 0 Å². The van der Waals surface area contributed by atoms with E-state index in [1.54, 1.807) is 27.4 Å². The minimum atomic E-state index is 0.0684. The Morgan fingerprint density at radius 3 is 2.26 bits per heavy atom. The summed E-state index contributed by atoms with van der Waals surface area (Å²) < 4.78 is 16.1. The number of phenols is 1. The van der Waals surface area contributed by atoms with Gasteiger partial charge in [-0.2, -0.15) is 5.10 Å².